The number of rotatable bonds is 5. The first-order valence-electron chi connectivity index (χ1n) is 9.75. The minimum absolute atomic E-state index is 0.0444. The molecule has 2 aromatic heterocycles. The molecule has 0 unspecified atom stereocenters. The van der Waals surface area contributed by atoms with Crippen molar-refractivity contribution in [1.29, 1.82) is 0 Å². The third kappa shape index (κ3) is 4.11. The molecule has 2 aromatic carbocycles. The summed E-state index contributed by atoms with van der Waals surface area (Å²) in [5.74, 6) is -0.732. The third-order valence-electron chi connectivity index (χ3n) is 4.96. The topological polar surface area (TPSA) is 103 Å². The highest BCUT2D eigenvalue weighted by molar-refractivity contribution is 6.05. The van der Waals surface area contributed by atoms with Crippen LogP contribution in [0.4, 0.5) is 15.8 Å². The quantitative estimate of drug-likeness (QED) is 0.453. The van der Waals surface area contributed by atoms with Gasteiger partial charge in [-0.3, -0.25) is 9.78 Å². The van der Waals surface area contributed by atoms with Crippen LogP contribution in [0.2, 0.25) is 0 Å². The molecule has 0 fully saturated rings. The molecule has 2 heterocycles. The third-order valence-corrected chi connectivity index (χ3v) is 4.96. The molecule has 7 nitrogen and oxygen atoms in total. The fourth-order valence-corrected chi connectivity index (χ4v) is 3.29. The van der Waals surface area contributed by atoms with Crippen LogP contribution in [-0.4, -0.2) is 28.0 Å². The minimum Gasteiger partial charge on any atom is -0.496 e. The van der Waals surface area contributed by atoms with Gasteiger partial charge < -0.3 is 15.8 Å². The maximum atomic E-state index is 14.4. The lowest BCUT2D eigenvalue weighted by Crippen LogP contribution is -2.15. The van der Waals surface area contributed by atoms with Crippen LogP contribution in [0.15, 0.2) is 67.1 Å². The van der Waals surface area contributed by atoms with Gasteiger partial charge in [0.2, 0.25) is 0 Å². The van der Waals surface area contributed by atoms with Gasteiger partial charge in [-0.15, -0.1) is 0 Å². The number of amides is 1. The van der Waals surface area contributed by atoms with Crippen molar-refractivity contribution in [2.75, 3.05) is 18.2 Å². The molecule has 0 aliphatic heterocycles. The molecule has 4 rings (SSSR count). The van der Waals surface area contributed by atoms with E-state index in [0.29, 0.717) is 11.4 Å². The number of hydrogen-bond donors (Lipinski definition) is 2. The first-order valence-corrected chi connectivity index (χ1v) is 9.75. The highest BCUT2D eigenvalue weighted by Crippen LogP contribution is 2.31. The lowest BCUT2D eigenvalue weighted by atomic mass is 10.0. The number of pyridine rings is 1. The van der Waals surface area contributed by atoms with Crippen molar-refractivity contribution in [2.24, 2.45) is 0 Å². The summed E-state index contributed by atoms with van der Waals surface area (Å²) in [6, 6.07) is 13.1. The molecule has 0 bridgehead atoms. The Morgan fingerprint density at radius 3 is 2.72 bits per heavy atom. The summed E-state index contributed by atoms with van der Waals surface area (Å²) in [4.78, 5) is 25.3. The van der Waals surface area contributed by atoms with Crippen LogP contribution in [0.5, 0.6) is 5.75 Å². The first-order chi connectivity index (χ1) is 15.5. The van der Waals surface area contributed by atoms with E-state index in [2.05, 4.69) is 20.3 Å². The molecule has 0 radical (unpaired) electrons. The Kier molecular flexibility index (Phi) is 5.76. The number of hydrogen-bond acceptors (Lipinski definition) is 6. The number of carbonyl (C=O) groups is 1. The highest BCUT2D eigenvalue weighted by atomic mass is 19.1. The van der Waals surface area contributed by atoms with Crippen molar-refractivity contribution in [3.8, 4) is 28.3 Å². The molecule has 0 aliphatic carbocycles. The second-order valence-corrected chi connectivity index (χ2v) is 7.03. The predicted molar refractivity (Wildman–Crippen MR) is 121 cm³/mol. The number of nitrogens with one attached hydrogen (secondary N) is 1. The zero-order valence-electron chi connectivity index (χ0n) is 17.5. The fraction of sp³-hybridized carbons (Fsp3) is 0.0833. The number of nitrogens with zero attached hydrogens (tertiary/aromatic N) is 3. The van der Waals surface area contributed by atoms with E-state index >= 15 is 0 Å². The number of nitrogens with two attached hydrogens (primary N) is 1. The SMILES string of the molecule is COc1cccc(F)c1-c1nccc(C(=O)Nc2ccc(-c3cnccc3C)cc2N)n1. The zero-order chi connectivity index (χ0) is 22.7. The summed E-state index contributed by atoms with van der Waals surface area (Å²) in [6.45, 7) is 1.99. The zero-order valence-corrected chi connectivity index (χ0v) is 17.5. The van der Waals surface area contributed by atoms with Gasteiger partial charge in [-0.1, -0.05) is 12.1 Å². The molecule has 3 N–H and O–H groups in total. The second-order valence-electron chi connectivity index (χ2n) is 7.03. The van der Waals surface area contributed by atoms with Crippen LogP contribution in [0.3, 0.4) is 0 Å². The minimum atomic E-state index is -0.549. The summed E-state index contributed by atoms with van der Waals surface area (Å²) in [5.41, 5.74) is 10.1. The van der Waals surface area contributed by atoms with Crippen molar-refractivity contribution in [1.82, 2.24) is 15.0 Å². The van der Waals surface area contributed by atoms with Crippen LogP contribution in [0.1, 0.15) is 16.1 Å². The Bertz CT molecular complexity index is 1310. The van der Waals surface area contributed by atoms with Gasteiger partial charge in [-0.2, -0.15) is 0 Å². The molecule has 0 aliphatic rings. The van der Waals surface area contributed by atoms with E-state index < -0.39 is 11.7 Å². The number of aryl methyl sites for hydroxylation is 1. The number of anilines is 2. The maximum absolute atomic E-state index is 14.4. The van der Waals surface area contributed by atoms with Gasteiger partial charge >= 0.3 is 0 Å². The lowest BCUT2D eigenvalue weighted by Gasteiger charge is -2.12. The summed E-state index contributed by atoms with van der Waals surface area (Å²) < 4.78 is 19.6. The van der Waals surface area contributed by atoms with E-state index in [0.717, 1.165) is 16.7 Å². The maximum Gasteiger partial charge on any atom is 0.274 e. The highest BCUT2D eigenvalue weighted by Gasteiger charge is 2.17. The van der Waals surface area contributed by atoms with E-state index in [9.17, 15) is 9.18 Å². The number of aromatic nitrogens is 3. The van der Waals surface area contributed by atoms with Crippen molar-refractivity contribution in [3.05, 3.63) is 84.2 Å². The second kappa shape index (κ2) is 8.81. The Morgan fingerprint density at radius 1 is 1.12 bits per heavy atom. The average Bonchev–Trinajstić information content (AvgIpc) is 2.80. The number of halogens is 1. The Labute approximate surface area is 184 Å². The summed E-state index contributed by atoms with van der Waals surface area (Å²) in [5, 5.41) is 2.75. The van der Waals surface area contributed by atoms with E-state index in [4.69, 9.17) is 10.5 Å². The van der Waals surface area contributed by atoms with Crippen molar-refractivity contribution < 1.29 is 13.9 Å². The van der Waals surface area contributed by atoms with Crippen molar-refractivity contribution >= 4 is 17.3 Å². The lowest BCUT2D eigenvalue weighted by molar-refractivity contribution is 0.102. The molecule has 160 valence electrons. The molecule has 1 amide bonds. The molecule has 4 aromatic rings. The number of ether oxygens (including phenoxy) is 1. The van der Waals surface area contributed by atoms with E-state index in [1.165, 1.54) is 31.5 Å². The molecule has 32 heavy (non-hydrogen) atoms. The average molecular weight is 429 g/mol. The Morgan fingerprint density at radius 2 is 1.97 bits per heavy atom. The smallest absolute Gasteiger partial charge is 0.274 e. The molecule has 0 atom stereocenters. The van der Waals surface area contributed by atoms with Crippen LogP contribution in [-0.2, 0) is 0 Å². The van der Waals surface area contributed by atoms with Crippen LogP contribution >= 0.6 is 0 Å². The van der Waals surface area contributed by atoms with E-state index in [-0.39, 0.29) is 22.8 Å². The van der Waals surface area contributed by atoms with Crippen molar-refractivity contribution in [2.45, 2.75) is 6.92 Å². The van der Waals surface area contributed by atoms with Gasteiger partial charge in [0, 0.05) is 24.2 Å². The monoisotopic (exact) mass is 429 g/mol. The molecular formula is C24H20FN5O2. The van der Waals surface area contributed by atoms with Crippen molar-refractivity contribution in [3.63, 3.8) is 0 Å². The normalized spacial score (nSPS) is 10.6. The molecule has 0 saturated carbocycles. The number of nitrogen functional groups attached to an aromatic ring is 1. The summed E-state index contributed by atoms with van der Waals surface area (Å²) in [7, 11) is 1.42. The number of carbonyl (C=O) groups excluding carboxylic acids is 1. The van der Waals surface area contributed by atoms with E-state index in [1.807, 2.05) is 19.1 Å². The van der Waals surface area contributed by atoms with Gasteiger partial charge in [0.1, 0.15) is 17.3 Å². The molecule has 0 spiro atoms. The van der Waals surface area contributed by atoms with Crippen LogP contribution in [0, 0.1) is 12.7 Å². The molecule has 8 heteroatoms. The summed E-state index contributed by atoms with van der Waals surface area (Å²) >= 11 is 0. The largest absolute Gasteiger partial charge is 0.496 e. The van der Waals surface area contributed by atoms with Crippen LogP contribution in [0.25, 0.3) is 22.5 Å². The summed E-state index contributed by atoms with van der Waals surface area (Å²) in [6.07, 6.45) is 4.88. The first kappa shape index (κ1) is 20.9. The molecule has 0 saturated heterocycles. The van der Waals surface area contributed by atoms with Gasteiger partial charge in [0.25, 0.3) is 5.91 Å². The van der Waals surface area contributed by atoms with Gasteiger partial charge in [-0.25, -0.2) is 14.4 Å². The predicted octanol–water partition coefficient (Wildman–Crippen LogP) is 4.50. The number of benzene rings is 2. The fourth-order valence-electron chi connectivity index (χ4n) is 3.29. The van der Waals surface area contributed by atoms with Gasteiger partial charge in [-0.05, 0) is 54.4 Å². The standard InChI is InChI=1S/C24H20FN5O2/c1-14-8-10-27-13-16(14)15-6-7-19(18(26)12-15)30-24(31)20-9-11-28-23(29-20)22-17(25)4-3-5-21(22)32-2/h3-13H,26H2,1-2H3,(H,30,31). The van der Waals surface area contributed by atoms with E-state index in [1.54, 1.807) is 30.6 Å². The Hall–Kier alpha value is -4.33. The molecular weight excluding hydrogens is 409 g/mol. The van der Waals surface area contributed by atoms with Gasteiger partial charge in [0.05, 0.1) is 24.0 Å². The van der Waals surface area contributed by atoms with Gasteiger partial charge in [0.15, 0.2) is 5.82 Å². The number of methoxy groups -OCH3 is 1. The van der Waals surface area contributed by atoms with Crippen LogP contribution < -0.4 is 15.8 Å². The Balaban J connectivity index is 1.61.